The second-order valence-corrected chi connectivity index (χ2v) is 9.11. The molecule has 5 rings (SSSR count). The molecule has 0 aliphatic carbocycles. The second kappa shape index (κ2) is 9.18. The quantitative estimate of drug-likeness (QED) is 0.300. The van der Waals surface area contributed by atoms with Gasteiger partial charge in [-0.2, -0.15) is 4.99 Å². The summed E-state index contributed by atoms with van der Waals surface area (Å²) in [5, 5.41) is 12.1. The van der Waals surface area contributed by atoms with Crippen molar-refractivity contribution >= 4 is 40.3 Å². The van der Waals surface area contributed by atoms with Crippen molar-refractivity contribution < 1.29 is 14.1 Å². The number of hydrogen-bond acceptors (Lipinski definition) is 7. The number of aryl methyl sites for hydroxylation is 1. The van der Waals surface area contributed by atoms with E-state index in [2.05, 4.69) is 26.9 Å². The fourth-order valence-electron chi connectivity index (χ4n) is 4.03. The summed E-state index contributed by atoms with van der Waals surface area (Å²) in [6.45, 7) is 5.07. The highest BCUT2D eigenvalue weighted by atomic mass is 32.2. The van der Waals surface area contributed by atoms with Crippen molar-refractivity contribution in [3.8, 4) is 11.3 Å². The standard InChI is InChI=1S/C25H22N4O4S/c1-17-7-9-20(21(15-17)29(31)32)22-10-8-19(33-22)16-23-24(30)26-25(34-23)28-13-11-27(12-14-28)18-5-3-2-4-6-18/h2-10,15-16H,11-14H2,1H3. The van der Waals surface area contributed by atoms with Crippen molar-refractivity contribution in [3.63, 3.8) is 0 Å². The van der Waals surface area contributed by atoms with Crippen LogP contribution in [0.25, 0.3) is 17.4 Å². The van der Waals surface area contributed by atoms with Gasteiger partial charge in [0.15, 0.2) is 5.17 Å². The molecule has 34 heavy (non-hydrogen) atoms. The minimum absolute atomic E-state index is 0.0138. The number of amides is 1. The number of nitro benzene ring substituents is 1. The van der Waals surface area contributed by atoms with Gasteiger partial charge in [-0.25, -0.2) is 0 Å². The van der Waals surface area contributed by atoms with E-state index in [1.807, 2.05) is 18.2 Å². The number of benzene rings is 2. The number of carbonyl (C=O) groups excluding carboxylic acids is 1. The van der Waals surface area contributed by atoms with E-state index in [-0.39, 0.29) is 11.6 Å². The van der Waals surface area contributed by atoms with E-state index in [1.54, 1.807) is 37.3 Å². The van der Waals surface area contributed by atoms with Gasteiger partial charge in [-0.1, -0.05) is 24.3 Å². The lowest BCUT2D eigenvalue weighted by atomic mass is 10.1. The van der Waals surface area contributed by atoms with Crippen LogP contribution in [-0.2, 0) is 4.79 Å². The van der Waals surface area contributed by atoms with Crippen molar-refractivity contribution in [3.05, 3.63) is 87.0 Å². The van der Waals surface area contributed by atoms with Gasteiger partial charge in [-0.3, -0.25) is 14.9 Å². The summed E-state index contributed by atoms with van der Waals surface area (Å²) in [6.07, 6.45) is 1.65. The fraction of sp³-hybridized carbons (Fsp3) is 0.200. The van der Waals surface area contributed by atoms with Crippen LogP contribution in [0.5, 0.6) is 0 Å². The van der Waals surface area contributed by atoms with Gasteiger partial charge in [-0.15, -0.1) is 0 Å². The van der Waals surface area contributed by atoms with E-state index in [0.29, 0.717) is 27.2 Å². The van der Waals surface area contributed by atoms with Crippen molar-refractivity contribution in [2.45, 2.75) is 6.92 Å². The van der Waals surface area contributed by atoms with Gasteiger partial charge in [0.05, 0.1) is 15.4 Å². The topological polar surface area (TPSA) is 92.2 Å². The Morgan fingerprint density at radius 2 is 1.76 bits per heavy atom. The number of rotatable bonds is 4. The van der Waals surface area contributed by atoms with Gasteiger partial charge in [-0.05, 0) is 54.6 Å². The molecule has 2 aliphatic rings. The molecule has 0 saturated carbocycles. The highest BCUT2D eigenvalue weighted by molar-refractivity contribution is 8.18. The monoisotopic (exact) mass is 474 g/mol. The zero-order valence-corrected chi connectivity index (χ0v) is 19.3. The summed E-state index contributed by atoms with van der Waals surface area (Å²) in [6, 6.07) is 18.7. The molecule has 0 unspecified atom stereocenters. The van der Waals surface area contributed by atoms with E-state index in [4.69, 9.17) is 4.42 Å². The highest BCUT2D eigenvalue weighted by Crippen LogP contribution is 2.35. The maximum atomic E-state index is 12.5. The Hall–Kier alpha value is -3.85. The summed E-state index contributed by atoms with van der Waals surface area (Å²) in [5.74, 6) is 0.531. The molecule has 1 aromatic heterocycles. The first-order valence-electron chi connectivity index (χ1n) is 10.9. The van der Waals surface area contributed by atoms with E-state index in [1.165, 1.54) is 23.5 Å². The van der Waals surface area contributed by atoms with Crippen molar-refractivity contribution in [1.82, 2.24) is 4.90 Å². The van der Waals surface area contributed by atoms with E-state index in [0.717, 1.165) is 31.7 Å². The molecule has 1 saturated heterocycles. The number of hydrogen-bond donors (Lipinski definition) is 0. The Kier molecular flexibility index (Phi) is 5.93. The molecule has 2 aromatic carbocycles. The molecule has 0 N–H and O–H groups in total. The molecule has 1 fully saturated rings. The van der Waals surface area contributed by atoms with Crippen LogP contribution in [-0.4, -0.2) is 47.1 Å². The SMILES string of the molecule is Cc1ccc(-c2ccc(C=C3SC(N4CCN(c5ccccc5)CC4)=NC3=O)o2)c([N+](=O)[O-])c1. The summed E-state index contributed by atoms with van der Waals surface area (Å²) < 4.78 is 5.84. The predicted molar refractivity (Wildman–Crippen MR) is 134 cm³/mol. The summed E-state index contributed by atoms with van der Waals surface area (Å²) in [4.78, 5) is 32.7. The van der Waals surface area contributed by atoms with Crippen LogP contribution in [0.3, 0.4) is 0 Å². The predicted octanol–water partition coefficient (Wildman–Crippen LogP) is 4.96. The first-order chi connectivity index (χ1) is 16.5. The zero-order chi connectivity index (χ0) is 23.7. The number of anilines is 1. The smallest absolute Gasteiger partial charge is 0.286 e. The number of nitro groups is 1. The lowest BCUT2D eigenvalue weighted by molar-refractivity contribution is -0.384. The van der Waals surface area contributed by atoms with Crippen molar-refractivity contribution in [2.24, 2.45) is 4.99 Å². The third-order valence-corrected chi connectivity index (χ3v) is 6.84. The van der Waals surface area contributed by atoms with E-state index >= 15 is 0 Å². The molecule has 0 atom stereocenters. The first-order valence-corrected chi connectivity index (χ1v) is 11.7. The summed E-state index contributed by atoms with van der Waals surface area (Å²) in [5.41, 5.74) is 2.38. The number of aliphatic imine (C=N–C) groups is 1. The Balaban J connectivity index is 1.27. The number of carbonyl (C=O) groups is 1. The van der Waals surface area contributed by atoms with Crippen LogP contribution in [0.2, 0.25) is 0 Å². The molecular formula is C25H22N4O4S. The average Bonchev–Trinajstić information content (AvgIpc) is 3.46. The number of piperazine rings is 1. The molecule has 1 amide bonds. The second-order valence-electron chi connectivity index (χ2n) is 8.10. The van der Waals surface area contributed by atoms with E-state index < -0.39 is 4.92 Å². The van der Waals surface area contributed by atoms with Gasteiger partial charge in [0, 0.05) is 44.0 Å². The van der Waals surface area contributed by atoms with Crippen LogP contribution in [0.4, 0.5) is 11.4 Å². The third kappa shape index (κ3) is 4.47. The lowest BCUT2D eigenvalue weighted by Gasteiger charge is -2.36. The van der Waals surface area contributed by atoms with Gasteiger partial charge < -0.3 is 14.2 Å². The zero-order valence-electron chi connectivity index (χ0n) is 18.5. The molecular weight excluding hydrogens is 452 g/mol. The fourth-order valence-corrected chi connectivity index (χ4v) is 4.98. The summed E-state index contributed by atoms with van der Waals surface area (Å²) >= 11 is 1.33. The number of para-hydroxylation sites is 1. The van der Waals surface area contributed by atoms with E-state index in [9.17, 15) is 14.9 Å². The van der Waals surface area contributed by atoms with Gasteiger partial charge in [0.25, 0.3) is 11.6 Å². The number of furan rings is 1. The highest BCUT2D eigenvalue weighted by Gasteiger charge is 2.29. The lowest BCUT2D eigenvalue weighted by Crippen LogP contribution is -2.47. The Morgan fingerprint density at radius 1 is 1.03 bits per heavy atom. The van der Waals surface area contributed by atoms with Crippen LogP contribution in [0.1, 0.15) is 11.3 Å². The largest absolute Gasteiger partial charge is 0.456 e. The van der Waals surface area contributed by atoms with Gasteiger partial charge in [0.1, 0.15) is 11.5 Å². The molecule has 0 radical (unpaired) electrons. The molecule has 8 nitrogen and oxygen atoms in total. The summed E-state index contributed by atoms with van der Waals surface area (Å²) in [7, 11) is 0. The van der Waals surface area contributed by atoms with Crippen LogP contribution in [0.15, 0.2) is 75.0 Å². The van der Waals surface area contributed by atoms with Gasteiger partial charge >= 0.3 is 0 Å². The number of thioether (sulfide) groups is 1. The molecule has 9 heteroatoms. The number of amidine groups is 1. The molecule has 3 heterocycles. The minimum Gasteiger partial charge on any atom is -0.456 e. The Morgan fingerprint density at radius 3 is 2.50 bits per heavy atom. The molecule has 0 bridgehead atoms. The normalized spacial score (nSPS) is 17.4. The maximum absolute atomic E-state index is 12.5. The van der Waals surface area contributed by atoms with Gasteiger partial charge in [0.2, 0.25) is 0 Å². The maximum Gasteiger partial charge on any atom is 0.286 e. The Bertz CT molecular complexity index is 1310. The molecule has 3 aromatic rings. The van der Waals surface area contributed by atoms with Crippen molar-refractivity contribution in [1.29, 1.82) is 0 Å². The minimum atomic E-state index is -0.420. The number of nitrogens with zero attached hydrogens (tertiary/aromatic N) is 4. The molecule has 0 spiro atoms. The molecule has 172 valence electrons. The van der Waals surface area contributed by atoms with Crippen LogP contribution in [0, 0.1) is 17.0 Å². The van der Waals surface area contributed by atoms with Crippen LogP contribution < -0.4 is 4.90 Å². The Labute approximate surface area is 200 Å². The third-order valence-electron chi connectivity index (χ3n) is 5.80. The van der Waals surface area contributed by atoms with Crippen molar-refractivity contribution in [2.75, 3.05) is 31.1 Å². The molecule has 2 aliphatic heterocycles. The average molecular weight is 475 g/mol. The first kappa shape index (κ1) is 22.0. The van der Waals surface area contributed by atoms with Crippen LogP contribution >= 0.6 is 11.8 Å².